The van der Waals surface area contributed by atoms with Gasteiger partial charge in [0.25, 0.3) is 0 Å². The number of hydrogen-bond acceptors (Lipinski definition) is 3. The lowest BCUT2D eigenvalue weighted by Crippen LogP contribution is -2.62. The SMILES string of the molecule is CC(=O)CC(=NN1[Si](C)(C)CCC[Si]1(C)C)c1ccccc1. The van der Waals surface area contributed by atoms with Crippen molar-refractivity contribution < 1.29 is 4.79 Å². The van der Waals surface area contributed by atoms with Gasteiger partial charge in [0, 0.05) is 0 Å². The van der Waals surface area contributed by atoms with Crippen molar-refractivity contribution in [1.82, 2.24) is 4.34 Å². The van der Waals surface area contributed by atoms with Crippen LogP contribution in [-0.2, 0) is 4.79 Å². The lowest BCUT2D eigenvalue weighted by molar-refractivity contribution is -0.115. The maximum Gasteiger partial charge on any atom is 0.161 e. The molecule has 0 aliphatic carbocycles. The quantitative estimate of drug-likeness (QED) is 0.601. The van der Waals surface area contributed by atoms with E-state index >= 15 is 0 Å². The van der Waals surface area contributed by atoms with Gasteiger partial charge in [-0.3, -0.25) is 4.79 Å². The van der Waals surface area contributed by atoms with Gasteiger partial charge in [-0.25, -0.2) is 0 Å². The first-order valence-corrected chi connectivity index (χ1v) is 14.5. The van der Waals surface area contributed by atoms with Crippen LogP contribution in [0.15, 0.2) is 35.4 Å². The minimum Gasteiger partial charge on any atom is -0.349 e. The predicted octanol–water partition coefficient (Wildman–Crippen LogP) is 4.49. The second kappa shape index (κ2) is 6.50. The largest absolute Gasteiger partial charge is 0.349 e. The normalized spacial score (nSPS) is 20.8. The average molecular weight is 333 g/mol. The van der Waals surface area contributed by atoms with Gasteiger partial charge in [0.15, 0.2) is 16.5 Å². The first-order valence-electron chi connectivity index (χ1n) is 8.15. The smallest absolute Gasteiger partial charge is 0.161 e. The van der Waals surface area contributed by atoms with Gasteiger partial charge >= 0.3 is 0 Å². The van der Waals surface area contributed by atoms with E-state index in [0.29, 0.717) is 6.42 Å². The van der Waals surface area contributed by atoms with E-state index in [-0.39, 0.29) is 5.78 Å². The zero-order valence-corrected chi connectivity index (χ0v) is 16.5. The van der Waals surface area contributed by atoms with Crippen LogP contribution < -0.4 is 0 Å². The maximum absolute atomic E-state index is 11.7. The van der Waals surface area contributed by atoms with Crippen LogP contribution in [-0.4, -0.2) is 32.3 Å². The van der Waals surface area contributed by atoms with Crippen LogP contribution in [0.25, 0.3) is 0 Å². The summed E-state index contributed by atoms with van der Waals surface area (Å²) in [5, 5.41) is 5.10. The molecule has 0 unspecified atom stereocenters. The molecule has 22 heavy (non-hydrogen) atoms. The van der Waals surface area contributed by atoms with Crippen LogP contribution in [0.4, 0.5) is 0 Å². The fraction of sp³-hybridized carbons (Fsp3) is 0.529. The summed E-state index contributed by atoms with van der Waals surface area (Å²) in [5.74, 6) is 0.179. The molecule has 1 saturated heterocycles. The highest BCUT2D eigenvalue weighted by Gasteiger charge is 2.44. The van der Waals surface area contributed by atoms with E-state index in [1.165, 1.54) is 18.5 Å². The summed E-state index contributed by atoms with van der Waals surface area (Å²) in [7, 11) is -3.01. The molecule has 0 N–H and O–H groups in total. The predicted molar refractivity (Wildman–Crippen MR) is 99.3 cm³/mol. The monoisotopic (exact) mass is 332 g/mol. The van der Waals surface area contributed by atoms with Crippen LogP contribution in [0, 0.1) is 0 Å². The number of nitrogens with zero attached hydrogens (tertiary/aromatic N) is 2. The molecule has 1 aromatic carbocycles. The number of ketones is 1. The molecule has 0 saturated carbocycles. The fourth-order valence-electron chi connectivity index (χ4n) is 3.44. The molecule has 5 heteroatoms. The lowest BCUT2D eigenvalue weighted by Gasteiger charge is -2.49. The second-order valence-electron chi connectivity index (χ2n) is 7.58. The van der Waals surface area contributed by atoms with Crippen LogP contribution in [0.3, 0.4) is 0 Å². The molecule has 0 bridgehead atoms. The van der Waals surface area contributed by atoms with E-state index in [1.54, 1.807) is 6.92 Å². The van der Waals surface area contributed by atoms with Gasteiger partial charge in [-0.05, 0) is 24.6 Å². The highest BCUT2D eigenvalue weighted by atomic mass is 28.4. The van der Waals surface area contributed by atoms with Crippen LogP contribution in [0.5, 0.6) is 0 Å². The Hall–Kier alpha value is -1.21. The zero-order valence-electron chi connectivity index (χ0n) is 14.5. The number of carbonyl (C=O) groups excluding carboxylic acids is 1. The molecule has 1 aliphatic rings. The van der Waals surface area contributed by atoms with Crippen molar-refractivity contribution in [2.45, 2.75) is 58.0 Å². The molecule has 0 aromatic heterocycles. The van der Waals surface area contributed by atoms with E-state index in [4.69, 9.17) is 5.10 Å². The van der Waals surface area contributed by atoms with Crippen molar-refractivity contribution in [2.75, 3.05) is 0 Å². The fourth-order valence-corrected chi connectivity index (χ4v) is 14.3. The Morgan fingerprint density at radius 2 is 1.64 bits per heavy atom. The first-order chi connectivity index (χ1) is 10.2. The molecule has 120 valence electrons. The number of rotatable bonds is 4. The summed E-state index contributed by atoms with van der Waals surface area (Å²) in [6, 6.07) is 12.8. The summed E-state index contributed by atoms with van der Waals surface area (Å²) in [6.45, 7) is 11.3. The molecular weight excluding hydrogens is 304 g/mol. The summed E-state index contributed by atoms with van der Waals surface area (Å²) >= 11 is 0. The molecule has 0 radical (unpaired) electrons. The van der Waals surface area contributed by atoms with Gasteiger partial charge in [0.2, 0.25) is 0 Å². The van der Waals surface area contributed by atoms with E-state index in [9.17, 15) is 4.79 Å². The van der Waals surface area contributed by atoms with E-state index in [1.807, 2.05) is 18.2 Å². The number of Topliss-reactive ketones (excluding diaryl/α,β-unsaturated/α-hetero) is 1. The van der Waals surface area contributed by atoms with Crippen LogP contribution >= 0.6 is 0 Å². The third-order valence-electron chi connectivity index (χ3n) is 4.47. The first kappa shape index (κ1) is 17.2. The molecule has 0 spiro atoms. The van der Waals surface area contributed by atoms with Crippen molar-refractivity contribution in [1.29, 1.82) is 0 Å². The third-order valence-corrected chi connectivity index (χ3v) is 13.7. The van der Waals surface area contributed by atoms with Gasteiger partial charge in [-0.1, -0.05) is 62.9 Å². The van der Waals surface area contributed by atoms with Crippen molar-refractivity contribution in [2.24, 2.45) is 5.10 Å². The van der Waals surface area contributed by atoms with Crippen molar-refractivity contribution >= 4 is 28.0 Å². The summed E-state index contributed by atoms with van der Waals surface area (Å²) in [4.78, 5) is 11.7. The summed E-state index contributed by atoms with van der Waals surface area (Å²) in [6.07, 6.45) is 1.77. The average Bonchev–Trinajstić information content (AvgIpc) is 2.41. The van der Waals surface area contributed by atoms with Gasteiger partial charge in [0.1, 0.15) is 5.78 Å². The van der Waals surface area contributed by atoms with Gasteiger partial charge in [0.05, 0.1) is 12.1 Å². The van der Waals surface area contributed by atoms with Crippen molar-refractivity contribution in [3.8, 4) is 0 Å². The van der Waals surface area contributed by atoms with Crippen LogP contribution in [0.1, 0.15) is 25.3 Å². The molecule has 0 atom stereocenters. The molecule has 1 heterocycles. The molecule has 1 aromatic rings. The summed E-state index contributed by atoms with van der Waals surface area (Å²) < 4.78 is 2.51. The van der Waals surface area contributed by atoms with Crippen molar-refractivity contribution in [3.05, 3.63) is 35.9 Å². The minimum absolute atomic E-state index is 0.179. The van der Waals surface area contributed by atoms with Gasteiger partial charge in [-0.2, -0.15) is 5.10 Å². The number of carbonyl (C=O) groups is 1. The molecule has 0 amide bonds. The Balaban J connectivity index is 2.44. The standard InChI is InChI=1S/C17H28N2OSi2/c1-15(20)14-17(16-10-7-6-8-11-16)18-19-21(2,3)12-9-13-22(19,4)5/h6-8,10-11H,9,12-14H2,1-5H3. The molecule has 1 aliphatic heterocycles. The number of hydrogen-bond donors (Lipinski definition) is 0. The minimum atomic E-state index is -1.51. The Morgan fingerprint density at radius 3 is 2.14 bits per heavy atom. The highest BCUT2D eigenvalue weighted by Crippen LogP contribution is 2.35. The van der Waals surface area contributed by atoms with E-state index < -0.39 is 16.5 Å². The number of benzene rings is 1. The molecular formula is C17H28N2OSi2. The Kier molecular flexibility index (Phi) is 5.07. The highest BCUT2D eigenvalue weighted by molar-refractivity contribution is 6.91. The lowest BCUT2D eigenvalue weighted by atomic mass is 10.1. The van der Waals surface area contributed by atoms with Gasteiger partial charge < -0.3 is 4.34 Å². The Bertz CT molecular complexity index is 551. The topological polar surface area (TPSA) is 32.7 Å². The Labute approximate surface area is 136 Å². The van der Waals surface area contributed by atoms with Gasteiger partial charge in [-0.15, -0.1) is 0 Å². The third kappa shape index (κ3) is 3.95. The van der Waals surface area contributed by atoms with E-state index in [2.05, 4.69) is 42.7 Å². The van der Waals surface area contributed by atoms with Crippen molar-refractivity contribution in [3.63, 3.8) is 0 Å². The molecule has 2 rings (SSSR count). The van der Waals surface area contributed by atoms with Crippen LogP contribution in [0.2, 0.25) is 38.3 Å². The maximum atomic E-state index is 11.7. The molecule has 3 nitrogen and oxygen atoms in total. The second-order valence-corrected chi connectivity index (χ2v) is 17.1. The number of hydrazone groups is 1. The Morgan fingerprint density at radius 1 is 1.09 bits per heavy atom. The molecule has 1 fully saturated rings. The summed E-state index contributed by atoms with van der Waals surface area (Å²) in [5.41, 5.74) is 2.02. The van der Waals surface area contributed by atoms with E-state index in [0.717, 1.165) is 11.3 Å². The zero-order chi connectivity index (χ0) is 16.4.